The van der Waals surface area contributed by atoms with Gasteiger partial charge in [-0.15, -0.1) is 0 Å². The topological polar surface area (TPSA) is 33.1 Å². The van der Waals surface area contributed by atoms with Gasteiger partial charge in [0.05, 0.1) is 5.69 Å². The number of hydrogen-bond donors (Lipinski definition) is 1. The fourth-order valence-corrected chi connectivity index (χ4v) is 3.58. The molecule has 4 heteroatoms. The molecule has 2 aliphatic rings. The fourth-order valence-electron chi connectivity index (χ4n) is 3.58. The monoisotopic (exact) mass is 276 g/mol. The molecule has 0 amide bonds. The summed E-state index contributed by atoms with van der Waals surface area (Å²) in [4.78, 5) is 7.40. The highest BCUT2D eigenvalue weighted by Gasteiger charge is 2.25. The molecule has 112 valence electrons. The molecular weight excluding hydrogens is 248 g/mol. The molecule has 1 aliphatic carbocycles. The van der Waals surface area contributed by atoms with Crippen molar-refractivity contribution in [2.24, 2.45) is 0 Å². The number of aryl methyl sites for hydroxylation is 1. The zero-order valence-electron chi connectivity index (χ0n) is 12.9. The third-order valence-corrected chi connectivity index (χ3v) is 4.74. The summed E-state index contributed by atoms with van der Waals surface area (Å²) in [5.41, 5.74) is 1.25. The van der Waals surface area contributed by atoms with Gasteiger partial charge in [0.1, 0.15) is 0 Å². The third-order valence-electron chi connectivity index (χ3n) is 4.74. The maximum absolute atomic E-state index is 4.92. The fraction of sp³-hybridized carbons (Fsp3) is 0.812. The zero-order chi connectivity index (χ0) is 13.9. The lowest BCUT2D eigenvalue weighted by Gasteiger charge is -2.35. The Labute approximate surface area is 122 Å². The van der Waals surface area contributed by atoms with Crippen molar-refractivity contribution < 1.29 is 0 Å². The summed E-state index contributed by atoms with van der Waals surface area (Å²) >= 11 is 0. The van der Waals surface area contributed by atoms with Crippen LogP contribution in [0.2, 0.25) is 0 Å². The molecule has 1 atom stereocenters. The summed E-state index contributed by atoms with van der Waals surface area (Å²) in [6.45, 7) is 7.70. The van der Waals surface area contributed by atoms with Crippen LogP contribution in [0.25, 0.3) is 0 Å². The van der Waals surface area contributed by atoms with Crippen LogP contribution in [0.15, 0.2) is 6.20 Å². The van der Waals surface area contributed by atoms with Gasteiger partial charge in [-0.2, -0.15) is 0 Å². The molecule has 0 bridgehead atoms. The molecule has 1 saturated heterocycles. The SMILES string of the molecule is CCc1cn(C2CCCCC2)c(N2CCN[C@@H](C)C2)n1. The Kier molecular flexibility index (Phi) is 4.29. The standard InChI is InChI=1S/C16H28N4/c1-3-14-12-20(15-7-5-4-6-8-15)16(18-14)19-10-9-17-13(2)11-19/h12-13,15,17H,3-11H2,1-2H3/t13-/m0/s1. The van der Waals surface area contributed by atoms with Gasteiger partial charge < -0.3 is 14.8 Å². The normalized spacial score (nSPS) is 25.1. The van der Waals surface area contributed by atoms with Crippen molar-refractivity contribution in [3.63, 3.8) is 0 Å². The van der Waals surface area contributed by atoms with Gasteiger partial charge in [-0.05, 0) is 26.2 Å². The summed E-state index contributed by atoms with van der Waals surface area (Å²) in [6, 6.07) is 1.24. The minimum atomic E-state index is 0.560. The van der Waals surface area contributed by atoms with Crippen molar-refractivity contribution in [3.05, 3.63) is 11.9 Å². The molecule has 1 aliphatic heterocycles. The number of aromatic nitrogens is 2. The third kappa shape index (κ3) is 2.85. The Hall–Kier alpha value is -1.03. The molecule has 1 saturated carbocycles. The van der Waals surface area contributed by atoms with Gasteiger partial charge in [0, 0.05) is 37.9 Å². The number of hydrogen-bond acceptors (Lipinski definition) is 3. The smallest absolute Gasteiger partial charge is 0.206 e. The van der Waals surface area contributed by atoms with E-state index < -0.39 is 0 Å². The van der Waals surface area contributed by atoms with Crippen LogP contribution in [0.3, 0.4) is 0 Å². The zero-order valence-corrected chi connectivity index (χ0v) is 12.9. The molecule has 1 N–H and O–H groups in total. The Morgan fingerprint density at radius 2 is 2.10 bits per heavy atom. The van der Waals surface area contributed by atoms with Gasteiger partial charge in [-0.3, -0.25) is 0 Å². The lowest BCUT2D eigenvalue weighted by Crippen LogP contribution is -2.50. The van der Waals surface area contributed by atoms with E-state index in [4.69, 9.17) is 4.98 Å². The molecule has 0 aromatic carbocycles. The van der Waals surface area contributed by atoms with Gasteiger partial charge in [0.2, 0.25) is 5.95 Å². The first-order valence-corrected chi connectivity index (χ1v) is 8.34. The highest BCUT2D eigenvalue weighted by molar-refractivity contribution is 5.35. The van der Waals surface area contributed by atoms with Crippen LogP contribution in [0.5, 0.6) is 0 Å². The predicted molar refractivity (Wildman–Crippen MR) is 83.4 cm³/mol. The number of nitrogens with one attached hydrogen (secondary N) is 1. The van der Waals surface area contributed by atoms with Gasteiger partial charge in [-0.1, -0.05) is 26.2 Å². The highest BCUT2D eigenvalue weighted by Crippen LogP contribution is 2.32. The highest BCUT2D eigenvalue weighted by atomic mass is 15.3. The van der Waals surface area contributed by atoms with Crippen molar-refractivity contribution in [2.75, 3.05) is 24.5 Å². The van der Waals surface area contributed by atoms with Crippen LogP contribution >= 0.6 is 0 Å². The van der Waals surface area contributed by atoms with E-state index in [1.807, 2.05) is 0 Å². The average Bonchev–Trinajstić information content (AvgIpc) is 2.92. The van der Waals surface area contributed by atoms with E-state index in [0.29, 0.717) is 12.1 Å². The Bertz CT molecular complexity index is 434. The van der Waals surface area contributed by atoms with Crippen molar-refractivity contribution >= 4 is 5.95 Å². The average molecular weight is 276 g/mol. The van der Waals surface area contributed by atoms with Crippen molar-refractivity contribution in [2.45, 2.75) is 64.5 Å². The summed E-state index contributed by atoms with van der Waals surface area (Å²) in [7, 11) is 0. The van der Waals surface area contributed by atoms with Crippen LogP contribution in [0.1, 0.15) is 57.7 Å². The minimum Gasteiger partial charge on any atom is -0.339 e. The van der Waals surface area contributed by atoms with Gasteiger partial charge in [0.25, 0.3) is 0 Å². The number of piperazine rings is 1. The number of rotatable bonds is 3. The predicted octanol–water partition coefficient (Wildman–Crippen LogP) is 2.75. The first-order chi connectivity index (χ1) is 9.78. The summed E-state index contributed by atoms with van der Waals surface area (Å²) in [5, 5.41) is 3.52. The summed E-state index contributed by atoms with van der Waals surface area (Å²) in [5.74, 6) is 1.22. The Balaban J connectivity index is 1.85. The van der Waals surface area contributed by atoms with Crippen molar-refractivity contribution in [3.8, 4) is 0 Å². The maximum atomic E-state index is 4.92. The molecular formula is C16H28N4. The lowest BCUT2D eigenvalue weighted by molar-refractivity contribution is 0.350. The maximum Gasteiger partial charge on any atom is 0.206 e. The van der Waals surface area contributed by atoms with E-state index in [-0.39, 0.29) is 0 Å². The first kappa shape index (κ1) is 13.9. The molecule has 0 radical (unpaired) electrons. The van der Waals surface area contributed by atoms with Crippen LogP contribution in [-0.4, -0.2) is 35.2 Å². The van der Waals surface area contributed by atoms with E-state index in [9.17, 15) is 0 Å². The molecule has 0 spiro atoms. The van der Waals surface area contributed by atoms with Crippen molar-refractivity contribution in [1.29, 1.82) is 0 Å². The number of nitrogens with zero attached hydrogens (tertiary/aromatic N) is 3. The number of imidazole rings is 1. The van der Waals surface area contributed by atoms with Crippen LogP contribution in [0, 0.1) is 0 Å². The Morgan fingerprint density at radius 3 is 2.80 bits per heavy atom. The lowest BCUT2D eigenvalue weighted by atomic mass is 9.95. The number of anilines is 1. The van der Waals surface area contributed by atoms with E-state index in [1.165, 1.54) is 43.7 Å². The molecule has 2 fully saturated rings. The van der Waals surface area contributed by atoms with E-state index in [0.717, 1.165) is 26.1 Å². The quantitative estimate of drug-likeness (QED) is 0.921. The molecule has 1 aromatic rings. The molecule has 0 unspecified atom stereocenters. The van der Waals surface area contributed by atoms with Crippen molar-refractivity contribution in [1.82, 2.24) is 14.9 Å². The second-order valence-corrected chi connectivity index (χ2v) is 6.39. The molecule has 4 nitrogen and oxygen atoms in total. The second-order valence-electron chi connectivity index (χ2n) is 6.39. The summed E-state index contributed by atoms with van der Waals surface area (Å²) < 4.78 is 2.50. The molecule has 1 aromatic heterocycles. The van der Waals surface area contributed by atoms with Crippen LogP contribution in [0.4, 0.5) is 5.95 Å². The van der Waals surface area contributed by atoms with Crippen LogP contribution in [-0.2, 0) is 6.42 Å². The molecule has 2 heterocycles. The van der Waals surface area contributed by atoms with E-state index >= 15 is 0 Å². The first-order valence-electron chi connectivity index (χ1n) is 8.34. The Morgan fingerprint density at radius 1 is 1.30 bits per heavy atom. The van der Waals surface area contributed by atoms with Gasteiger partial charge in [0.15, 0.2) is 0 Å². The van der Waals surface area contributed by atoms with E-state index in [1.54, 1.807) is 0 Å². The minimum absolute atomic E-state index is 0.560. The molecule has 3 rings (SSSR count). The van der Waals surface area contributed by atoms with E-state index in [2.05, 4.69) is 34.8 Å². The molecule has 20 heavy (non-hydrogen) atoms. The van der Waals surface area contributed by atoms with Crippen LogP contribution < -0.4 is 10.2 Å². The summed E-state index contributed by atoms with van der Waals surface area (Å²) in [6.07, 6.45) is 10.2. The second kappa shape index (κ2) is 6.17. The van der Waals surface area contributed by atoms with Gasteiger partial charge >= 0.3 is 0 Å². The largest absolute Gasteiger partial charge is 0.339 e. The van der Waals surface area contributed by atoms with Gasteiger partial charge in [-0.25, -0.2) is 4.98 Å².